The first kappa shape index (κ1) is 13.4. The second-order valence-corrected chi connectivity index (χ2v) is 5.93. The average molecular weight is 351 g/mol. The maximum Gasteiger partial charge on any atom is 0.181 e. The minimum atomic E-state index is 0.612. The molecule has 2 aromatic heterocycles. The van der Waals surface area contributed by atoms with Gasteiger partial charge in [-0.15, -0.1) is 11.8 Å². The second kappa shape index (κ2) is 6.23. The molecule has 0 saturated heterocycles. The predicted molar refractivity (Wildman–Crippen MR) is 82.0 cm³/mol. The summed E-state index contributed by atoms with van der Waals surface area (Å²) in [5.41, 5.74) is 1.57. The first-order valence-corrected chi connectivity index (χ1v) is 7.76. The molecule has 0 aliphatic rings. The molecular formula is C13H11BrN4OS. The van der Waals surface area contributed by atoms with Crippen LogP contribution >= 0.6 is 27.7 Å². The van der Waals surface area contributed by atoms with Gasteiger partial charge in [0, 0.05) is 10.2 Å². The highest BCUT2D eigenvalue weighted by atomic mass is 79.9. The van der Waals surface area contributed by atoms with Gasteiger partial charge in [-0.2, -0.15) is 0 Å². The number of halogens is 1. The van der Waals surface area contributed by atoms with Crippen molar-refractivity contribution < 1.29 is 4.74 Å². The summed E-state index contributed by atoms with van der Waals surface area (Å²) < 4.78 is 6.69. The number of nitrogens with zero attached hydrogens (tertiary/aromatic N) is 3. The molecule has 0 aliphatic carbocycles. The van der Waals surface area contributed by atoms with Crippen LogP contribution in [0.5, 0.6) is 5.75 Å². The van der Waals surface area contributed by atoms with E-state index in [0.29, 0.717) is 12.3 Å². The maximum atomic E-state index is 5.68. The molecule has 0 saturated carbocycles. The number of rotatable bonds is 5. The van der Waals surface area contributed by atoms with Crippen LogP contribution in [0.15, 0.2) is 46.4 Å². The molecule has 0 bridgehead atoms. The van der Waals surface area contributed by atoms with E-state index < -0.39 is 0 Å². The third kappa shape index (κ3) is 3.10. The average Bonchev–Trinajstić information content (AvgIpc) is 2.93. The van der Waals surface area contributed by atoms with Gasteiger partial charge in [0.2, 0.25) is 0 Å². The summed E-state index contributed by atoms with van der Waals surface area (Å²) in [4.78, 5) is 15.5. The molecule has 1 N–H and O–H groups in total. The number of nitrogens with one attached hydrogen (secondary N) is 1. The molecule has 0 unspecified atom stereocenters. The number of aromatic amines is 1. The quantitative estimate of drug-likeness (QED) is 0.434. The van der Waals surface area contributed by atoms with Gasteiger partial charge in [0.05, 0.1) is 12.9 Å². The zero-order valence-electron chi connectivity index (χ0n) is 10.4. The number of hydrogen-bond acceptors (Lipinski definition) is 5. The molecule has 0 amide bonds. The van der Waals surface area contributed by atoms with Crippen molar-refractivity contribution in [2.24, 2.45) is 0 Å². The molecule has 102 valence electrons. The van der Waals surface area contributed by atoms with Gasteiger partial charge in [-0.1, -0.05) is 22.0 Å². The van der Waals surface area contributed by atoms with Crippen LogP contribution in [0.25, 0.3) is 11.2 Å². The normalized spacial score (nSPS) is 10.8. The largest absolute Gasteiger partial charge is 0.493 e. The van der Waals surface area contributed by atoms with Crippen LogP contribution in [0.4, 0.5) is 0 Å². The highest BCUT2D eigenvalue weighted by Gasteiger charge is 2.06. The van der Waals surface area contributed by atoms with Crippen molar-refractivity contribution in [3.8, 4) is 5.75 Å². The maximum absolute atomic E-state index is 5.68. The molecule has 2 heterocycles. The molecule has 20 heavy (non-hydrogen) atoms. The van der Waals surface area contributed by atoms with E-state index in [1.807, 2.05) is 24.3 Å². The summed E-state index contributed by atoms with van der Waals surface area (Å²) in [6.45, 7) is 0.612. The molecular weight excluding hydrogens is 340 g/mol. The zero-order valence-corrected chi connectivity index (χ0v) is 12.8. The topological polar surface area (TPSA) is 63.7 Å². The SMILES string of the molecule is Brc1cccc(OCCSc2ncnc3nc[nH]c23)c1. The number of imidazole rings is 1. The molecule has 3 rings (SSSR count). The lowest BCUT2D eigenvalue weighted by molar-refractivity contribution is 0.343. The molecule has 7 heteroatoms. The summed E-state index contributed by atoms with van der Waals surface area (Å²) in [6, 6.07) is 7.80. The van der Waals surface area contributed by atoms with Gasteiger partial charge in [-0.25, -0.2) is 15.0 Å². The van der Waals surface area contributed by atoms with E-state index in [-0.39, 0.29) is 0 Å². The second-order valence-electron chi connectivity index (χ2n) is 3.93. The highest BCUT2D eigenvalue weighted by Crippen LogP contribution is 2.22. The van der Waals surface area contributed by atoms with Gasteiger partial charge in [-0.3, -0.25) is 0 Å². The minimum absolute atomic E-state index is 0.612. The first-order chi connectivity index (χ1) is 9.83. The number of H-pyrrole nitrogens is 1. The van der Waals surface area contributed by atoms with E-state index in [1.165, 1.54) is 6.33 Å². The third-order valence-corrected chi connectivity index (χ3v) is 4.02. The van der Waals surface area contributed by atoms with E-state index in [0.717, 1.165) is 26.5 Å². The Labute approximate surface area is 128 Å². The van der Waals surface area contributed by atoms with Gasteiger partial charge < -0.3 is 9.72 Å². The van der Waals surface area contributed by atoms with Crippen LogP contribution in [-0.2, 0) is 0 Å². The Kier molecular flexibility index (Phi) is 4.17. The number of ether oxygens (including phenoxy) is 1. The third-order valence-electron chi connectivity index (χ3n) is 2.58. The van der Waals surface area contributed by atoms with Gasteiger partial charge in [0.25, 0.3) is 0 Å². The fraction of sp³-hybridized carbons (Fsp3) is 0.154. The molecule has 3 aromatic rings. The van der Waals surface area contributed by atoms with Crippen LogP contribution in [-0.4, -0.2) is 32.3 Å². The lowest BCUT2D eigenvalue weighted by Gasteiger charge is -2.06. The van der Waals surface area contributed by atoms with E-state index in [1.54, 1.807) is 18.1 Å². The van der Waals surface area contributed by atoms with Crippen LogP contribution in [0.2, 0.25) is 0 Å². The van der Waals surface area contributed by atoms with Crippen molar-refractivity contribution >= 4 is 38.9 Å². The van der Waals surface area contributed by atoms with Crippen molar-refractivity contribution in [2.75, 3.05) is 12.4 Å². The Morgan fingerprint density at radius 3 is 3.10 bits per heavy atom. The van der Waals surface area contributed by atoms with E-state index in [2.05, 4.69) is 35.9 Å². The number of aromatic nitrogens is 4. The van der Waals surface area contributed by atoms with Crippen molar-refractivity contribution in [2.45, 2.75) is 5.03 Å². The van der Waals surface area contributed by atoms with Crippen LogP contribution in [0.3, 0.4) is 0 Å². The van der Waals surface area contributed by atoms with Crippen molar-refractivity contribution in [1.82, 2.24) is 19.9 Å². The lowest BCUT2D eigenvalue weighted by Crippen LogP contribution is -2.00. The Morgan fingerprint density at radius 2 is 2.20 bits per heavy atom. The molecule has 0 fully saturated rings. The highest BCUT2D eigenvalue weighted by molar-refractivity contribution is 9.10. The standard InChI is InChI=1S/C13H11BrN4OS/c14-9-2-1-3-10(6-9)19-4-5-20-13-11-12(16-7-15-11)17-8-18-13/h1-3,6-8H,4-5H2,(H,15,16,17,18). The fourth-order valence-corrected chi connectivity index (χ4v) is 2.86. The molecule has 0 radical (unpaired) electrons. The van der Waals surface area contributed by atoms with Crippen molar-refractivity contribution in [1.29, 1.82) is 0 Å². The molecule has 5 nitrogen and oxygen atoms in total. The van der Waals surface area contributed by atoms with Gasteiger partial charge in [0.15, 0.2) is 5.65 Å². The lowest BCUT2D eigenvalue weighted by atomic mass is 10.3. The number of benzene rings is 1. The van der Waals surface area contributed by atoms with Gasteiger partial charge in [-0.05, 0) is 18.2 Å². The first-order valence-electron chi connectivity index (χ1n) is 5.98. The summed E-state index contributed by atoms with van der Waals surface area (Å²) in [7, 11) is 0. The summed E-state index contributed by atoms with van der Waals surface area (Å²) >= 11 is 5.04. The minimum Gasteiger partial charge on any atom is -0.493 e. The summed E-state index contributed by atoms with van der Waals surface area (Å²) in [6.07, 6.45) is 3.15. The van der Waals surface area contributed by atoms with E-state index in [9.17, 15) is 0 Å². The van der Waals surface area contributed by atoms with Crippen molar-refractivity contribution in [3.05, 3.63) is 41.4 Å². The predicted octanol–water partition coefficient (Wildman–Crippen LogP) is 3.29. The summed E-state index contributed by atoms with van der Waals surface area (Å²) in [5, 5.41) is 0.894. The van der Waals surface area contributed by atoms with E-state index >= 15 is 0 Å². The number of hydrogen-bond donors (Lipinski definition) is 1. The molecule has 0 aliphatic heterocycles. The Balaban J connectivity index is 1.56. The van der Waals surface area contributed by atoms with Crippen LogP contribution in [0.1, 0.15) is 0 Å². The molecule has 0 atom stereocenters. The molecule has 1 aromatic carbocycles. The number of fused-ring (bicyclic) bond motifs is 1. The Bertz CT molecular complexity index is 718. The van der Waals surface area contributed by atoms with Crippen LogP contribution < -0.4 is 4.74 Å². The zero-order chi connectivity index (χ0) is 13.8. The monoisotopic (exact) mass is 350 g/mol. The Morgan fingerprint density at radius 1 is 1.25 bits per heavy atom. The van der Waals surface area contributed by atoms with Gasteiger partial charge in [0.1, 0.15) is 22.6 Å². The smallest absolute Gasteiger partial charge is 0.181 e. The van der Waals surface area contributed by atoms with E-state index in [4.69, 9.17) is 4.74 Å². The van der Waals surface area contributed by atoms with Gasteiger partial charge >= 0.3 is 0 Å². The summed E-state index contributed by atoms with van der Waals surface area (Å²) in [5.74, 6) is 1.66. The van der Waals surface area contributed by atoms with Crippen LogP contribution in [0, 0.1) is 0 Å². The fourth-order valence-electron chi connectivity index (χ4n) is 1.71. The van der Waals surface area contributed by atoms with Crippen molar-refractivity contribution in [3.63, 3.8) is 0 Å². The molecule has 0 spiro atoms. The number of thioether (sulfide) groups is 1. The Hall–Kier alpha value is -1.60.